The molecule has 0 fully saturated rings. The van der Waals surface area contributed by atoms with Crippen molar-refractivity contribution in [3.63, 3.8) is 0 Å². The number of hydrogen-bond acceptors (Lipinski definition) is 4. The van der Waals surface area contributed by atoms with Gasteiger partial charge in [-0.2, -0.15) is 0 Å². The number of halogens is 1. The molecule has 0 unspecified atom stereocenters. The van der Waals surface area contributed by atoms with Crippen LogP contribution in [0.3, 0.4) is 0 Å². The van der Waals surface area contributed by atoms with Crippen molar-refractivity contribution < 1.29 is 19.1 Å². The number of carbonyl (C=O) groups excluding carboxylic acids is 2. The zero-order valence-electron chi connectivity index (χ0n) is 14.9. The molecule has 2 rings (SSSR count). The number of aryl methyl sites for hydroxylation is 1. The van der Waals surface area contributed by atoms with Crippen LogP contribution < -0.4 is 20.1 Å². The van der Waals surface area contributed by atoms with Crippen LogP contribution in [0.1, 0.15) is 18.9 Å². The van der Waals surface area contributed by atoms with Gasteiger partial charge < -0.3 is 20.1 Å². The van der Waals surface area contributed by atoms with Crippen molar-refractivity contribution in [3.05, 3.63) is 46.4 Å². The number of amides is 2. The van der Waals surface area contributed by atoms with Crippen molar-refractivity contribution in [3.8, 4) is 11.5 Å². The van der Waals surface area contributed by atoms with Gasteiger partial charge in [-0.25, -0.2) is 0 Å². The molecule has 2 aromatic rings. The lowest BCUT2D eigenvalue weighted by atomic mass is 10.1. The van der Waals surface area contributed by atoms with Crippen LogP contribution in [-0.2, 0) is 16.0 Å². The topological polar surface area (TPSA) is 76.7 Å². The molecule has 0 aliphatic rings. The summed E-state index contributed by atoms with van der Waals surface area (Å²) in [4.78, 5) is 23.5. The van der Waals surface area contributed by atoms with E-state index < -0.39 is 0 Å². The Morgan fingerprint density at radius 3 is 2.31 bits per heavy atom. The third-order valence-corrected chi connectivity index (χ3v) is 4.27. The number of rotatable bonds is 7. The number of benzene rings is 2. The van der Waals surface area contributed by atoms with Crippen LogP contribution >= 0.6 is 15.9 Å². The van der Waals surface area contributed by atoms with Crippen LogP contribution in [-0.4, -0.2) is 26.0 Å². The van der Waals surface area contributed by atoms with Crippen LogP contribution in [0.4, 0.5) is 11.4 Å². The first kappa shape index (κ1) is 19.8. The third kappa shape index (κ3) is 5.49. The lowest BCUT2D eigenvalue weighted by Crippen LogP contribution is -2.14. The highest BCUT2D eigenvalue weighted by molar-refractivity contribution is 9.10. The maximum Gasteiger partial charge on any atom is 0.224 e. The first-order chi connectivity index (χ1) is 12.4. The van der Waals surface area contributed by atoms with E-state index >= 15 is 0 Å². The number of anilines is 2. The highest BCUT2D eigenvalue weighted by Crippen LogP contribution is 2.29. The first-order valence-corrected chi connectivity index (χ1v) is 8.80. The van der Waals surface area contributed by atoms with Crippen molar-refractivity contribution in [2.75, 3.05) is 24.9 Å². The summed E-state index contributed by atoms with van der Waals surface area (Å²) in [5.74, 6) is 0.949. The minimum absolute atomic E-state index is 0.143. The predicted molar refractivity (Wildman–Crippen MR) is 105 cm³/mol. The molecule has 0 heterocycles. The molecular formula is C19H21BrN2O4. The number of ether oxygens (including phenoxy) is 2. The average molecular weight is 421 g/mol. The van der Waals surface area contributed by atoms with Gasteiger partial charge in [-0.3, -0.25) is 9.59 Å². The van der Waals surface area contributed by atoms with E-state index in [1.807, 2.05) is 18.2 Å². The fourth-order valence-electron chi connectivity index (χ4n) is 2.42. The van der Waals surface area contributed by atoms with Gasteiger partial charge in [0.1, 0.15) is 11.5 Å². The second-order valence-electron chi connectivity index (χ2n) is 5.61. The predicted octanol–water partition coefficient (Wildman–Crippen LogP) is 4.00. The van der Waals surface area contributed by atoms with Gasteiger partial charge in [0.25, 0.3) is 0 Å². The minimum Gasteiger partial charge on any atom is -0.496 e. The van der Waals surface area contributed by atoms with Gasteiger partial charge >= 0.3 is 0 Å². The van der Waals surface area contributed by atoms with E-state index in [4.69, 9.17) is 9.47 Å². The fraction of sp³-hybridized carbons (Fsp3) is 0.263. The van der Waals surface area contributed by atoms with Crippen LogP contribution in [0.25, 0.3) is 0 Å². The normalized spacial score (nSPS) is 10.2. The van der Waals surface area contributed by atoms with E-state index in [9.17, 15) is 9.59 Å². The van der Waals surface area contributed by atoms with Crippen molar-refractivity contribution in [1.29, 1.82) is 0 Å². The van der Waals surface area contributed by atoms with E-state index in [2.05, 4.69) is 26.6 Å². The van der Waals surface area contributed by atoms with E-state index in [0.29, 0.717) is 30.0 Å². The Kier molecular flexibility index (Phi) is 7.03. The summed E-state index contributed by atoms with van der Waals surface area (Å²) in [6.45, 7) is 1.43. The molecule has 0 aromatic heterocycles. The fourth-order valence-corrected chi connectivity index (χ4v) is 3.01. The van der Waals surface area contributed by atoms with Crippen LogP contribution in [0.15, 0.2) is 40.9 Å². The molecule has 0 atom stereocenters. The Labute approximate surface area is 161 Å². The molecule has 0 spiro atoms. The van der Waals surface area contributed by atoms with Gasteiger partial charge in [0.2, 0.25) is 11.8 Å². The molecule has 0 bridgehead atoms. The smallest absolute Gasteiger partial charge is 0.224 e. The molecule has 2 N–H and O–H groups in total. The van der Waals surface area contributed by atoms with Gasteiger partial charge in [0, 0.05) is 19.0 Å². The molecule has 0 aliphatic carbocycles. The molecule has 0 aliphatic heterocycles. The summed E-state index contributed by atoms with van der Waals surface area (Å²) < 4.78 is 11.3. The standard InChI is InChI=1S/C19H21BrN2O4/c1-12(23)21-14-6-8-18(26-3)16(11-14)22-19(24)9-5-13-4-7-17(25-2)15(20)10-13/h4,6-8,10-11H,5,9H2,1-3H3,(H,21,23)(H,22,24). The zero-order valence-corrected chi connectivity index (χ0v) is 16.5. The number of methoxy groups -OCH3 is 2. The second kappa shape index (κ2) is 9.24. The lowest BCUT2D eigenvalue weighted by Gasteiger charge is -2.12. The maximum atomic E-state index is 12.3. The minimum atomic E-state index is -0.183. The third-order valence-electron chi connectivity index (χ3n) is 3.65. The first-order valence-electron chi connectivity index (χ1n) is 8.01. The molecule has 138 valence electrons. The van der Waals surface area contributed by atoms with Crippen molar-refractivity contribution in [2.24, 2.45) is 0 Å². The van der Waals surface area contributed by atoms with E-state index in [1.165, 1.54) is 14.0 Å². The second-order valence-corrected chi connectivity index (χ2v) is 6.47. The van der Waals surface area contributed by atoms with Crippen LogP contribution in [0.2, 0.25) is 0 Å². The molecule has 0 saturated heterocycles. The summed E-state index contributed by atoms with van der Waals surface area (Å²) in [6.07, 6.45) is 0.897. The SMILES string of the molecule is COc1ccc(CCC(=O)Nc2cc(NC(C)=O)ccc2OC)cc1Br. The maximum absolute atomic E-state index is 12.3. The van der Waals surface area contributed by atoms with E-state index in [-0.39, 0.29) is 11.8 Å². The molecular weight excluding hydrogens is 400 g/mol. The number of carbonyl (C=O) groups is 2. The molecule has 7 heteroatoms. The highest BCUT2D eigenvalue weighted by atomic mass is 79.9. The Morgan fingerprint density at radius 1 is 1.00 bits per heavy atom. The summed E-state index contributed by atoms with van der Waals surface area (Å²) in [6, 6.07) is 10.8. The largest absolute Gasteiger partial charge is 0.496 e. The Hall–Kier alpha value is -2.54. The molecule has 2 amide bonds. The lowest BCUT2D eigenvalue weighted by molar-refractivity contribution is -0.116. The molecule has 0 radical (unpaired) electrons. The van der Waals surface area contributed by atoms with Gasteiger partial charge in [0.05, 0.1) is 24.4 Å². The molecule has 6 nitrogen and oxygen atoms in total. The van der Waals surface area contributed by atoms with Crippen LogP contribution in [0.5, 0.6) is 11.5 Å². The highest BCUT2D eigenvalue weighted by Gasteiger charge is 2.10. The Morgan fingerprint density at radius 2 is 1.69 bits per heavy atom. The summed E-state index contributed by atoms with van der Waals surface area (Å²) >= 11 is 3.44. The van der Waals surface area contributed by atoms with E-state index in [1.54, 1.807) is 25.3 Å². The molecule has 2 aromatic carbocycles. The number of nitrogens with one attached hydrogen (secondary N) is 2. The average Bonchev–Trinajstić information content (AvgIpc) is 2.60. The Balaban J connectivity index is 2.02. The van der Waals surface area contributed by atoms with Crippen molar-refractivity contribution in [1.82, 2.24) is 0 Å². The van der Waals surface area contributed by atoms with Gasteiger partial charge in [0.15, 0.2) is 0 Å². The van der Waals surface area contributed by atoms with E-state index in [0.717, 1.165) is 15.8 Å². The van der Waals surface area contributed by atoms with Crippen LogP contribution in [0, 0.1) is 0 Å². The van der Waals surface area contributed by atoms with Gasteiger partial charge in [-0.05, 0) is 58.2 Å². The van der Waals surface area contributed by atoms with Gasteiger partial charge in [-0.15, -0.1) is 0 Å². The van der Waals surface area contributed by atoms with Crippen molar-refractivity contribution in [2.45, 2.75) is 19.8 Å². The van der Waals surface area contributed by atoms with Crippen molar-refractivity contribution >= 4 is 39.1 Å². The number of hydrogen-bond donors (Lipinski definition) is 2. The Bertz CT molecular complexity index is 808. The quantitative estimate of drug-likeness (QED) is 0.709. The summed E-state index contributed by atoms with van der Waals surface area (Å²) in [7, 11) is 3.13. The summed E-state index contributed by atoms with van der Waals surface area (Å²) in [5, 5.41) is 5.51. The molecule has 0 saturated carbocycles. The molecule has 26 heavy (non-hydrogen) atoms. The zero-order chi connectivity index (χ0) is 19.1. The monoisotopic (exact) mass is 420 g/mol. The van der Waals surface area contributed by atoms with Gasteiger partial charge in [-0.1, -0.05) is 6.07 Å². The summed E-state index contributed by atoms with van der Waals surface area (Å²) in [5.41, 5.74) is 2.12.